The summed E-state index contributed by atoms with van der Waals surface area (Å²) in [6, 6.07) is 11.2. The summed E-state index contributed by atoms with van der Waals surface area (Å²) >= 11 is 0. The van der Waals surface area contributed by atoms with Gasteiger partial charge in [-0.2, -0.15) is 0 Å². The second-order valence-corrected chi connectivity index (χ2v) is 10.6. The van der Waals surface area contributed by atoms with Crippen LogP contribution in [0.5, 0.6) is 5.75 Å². The lowest BCUT2D eigenvalue weighted by Gasteiger charge is -2.55. The van der Waals surface area contributed by atoms with E-state index in [4.69, 9.17) is 4.99 Å². The molecule has 0 radical (unpaired) electrons. The molecular formula is C27H34N2O3. The van der Waals surface area contributed by atoms with Gasteiger partial charge >= 0.3 is 0 Å². The Morgan fingerprint density at radius 1 is 1.22 bits per heavy atom. The SMILES string of the molecule is CC(C)c1ccc2c(c1)CC[C@@H]1[C@@](C)(CN=Cc3cc([N+](=O)[O-])ccc3O)CCC[C@@]21C. The van der Waals surface area contributed by atoms with Crippen molar-refractivity contribution in [3.05, 3.63) is 68.8 Å². The number of aromatic hydroxyl groups is 1. The molecule has 2 aromatic rings. The standard InChI is InChI=1S/C27H34N2O3/c1-18(2)19-6-9-23-20(14-19)7-11-25-26(3,12-5-13-27(23,25)4)17-28-16-21-15-22(29(31)32)8-10-24(21)30/h6,8-10,14-16,18,25,30H,5,7,11-13,17H2,1-4H3/t25-,26-,27+/m1/s1. The van der Waals surface area contributed by atoms with Crippen LogP contribution < -0.4 is 0 Å². The molecule has 1 N–H and O–H groups in total. The first-order valence-electron chi connectivity index (χ1n) is 11.7. The van der Waals surface area contributed by atoms with Crippen LogP contribution in [0.1, 0.15) is 81.5 Å². The average molecular weight is 435 g/mol. The van der Waals surface area contributed by atoms with Gasteiger partial charge in [0, 0.05) is 30.5 Å². The van der Waals surface area contributed by atoms with Crippen molar-refractivity contribution in [2.75, 3.05) is 6.54 Å². The fraction of sp³-hybridized carbons (Fsp3) is 0.519. The zero-order valence-corrected chi connectivity index (χ0v) is 19.6. The molecule has 4 rings (SSSR count). The third-order valence-electron chi connectivity index (χ3n) is 8.07. The number of hydrogen-bond donors (Lipinski definition) is 1. The lowest BCUT2D eigenvalue weighted by molar-refractivity contribution is -0.384. The van der Waals surface area contributed by atoms with Crippen molar-refractivity contribution in [2.24, 2.45) is 16.3 Å². The Morgan fingerprint density at radius 2 is 2.00 bits per heavy atom. The Bertz CT molecular complexity index is 1060. The molecule has 0 heterocycles. The van der Waals surface area contributed by atoms with Crippen LogP contribution in [0.2, 0.25) is 0 Å². The molecule has 5 heteroatoms. The van der Waals surface area contributed by atoms with Gasteiger partial charge in [0.25, 0.3) is 5.69 Å². The summed E-state index contributed by atoms with van der Waals surface area (Å²) in [6.07, 6.45) is 7.39. The molecule has 5 nitrogen and oxygen atoms in total. The maximum atomic E-state index is 11.1. The molecule has 0 aromatic heterocycles. The number of benzene rings is 2. The molecule has 32 heavy (non-hydrogen) atoms. The second-order valence-electron chi connectivity index (χ2n) is 10.6. The van der Waals surface area contributed by atoms with Gasteiger partial charge in [0.15, 0.2) is 0 Å². The highest BCUT2D eigenvalue weighted by Crippen LogP contribution is 2.57. The van der Waals surface area contributed by atoms with Gasteiger partial charge in [-0.05, 0) is 71.1 Å². The van der Waals surface area contributed by atoms with Crippen molar-refractivity contribution in [3.63, 3.8) is 0 Å². The van der Waals surface area contributed by atoms with Crippen molar-refractivity contribution >= 4 is 11.9 Å². The van der Waals surface area contributed by atoms with Crippen LogP contribution in [0.3, 0.4) is 0 Å². The average Bonchev–Trinajstić information content (AvgIpc) is 2.74. The predicted octanol–water partition coefficient (Wildman–Crippen LogP) is 6.55. The third kappa shape index (κ3) is 3.94. The van der Waals surface area contributed by atoms with Crippen LogP contribution in [0.4, 0.5) is 5.69 Å². The van der Waals surface area contributed by atoms with Crippen LogP contribution in [0.25, 0.3) is 0 Å². The third-order valence-corrected chi connectivity index (χ3v) is 8.07. The van der Waals surface area contributed by atoms with E-state index >= 15 is 0 Å². The highest BCUT2D eigenvalue weighted by molar-refractivity contribution is 5.84. The first kappa shape index (κ1) is 22.5. The van der Waals surface area contributed by atoms with Gasteiger partial charge in [-0.25, -0.2) is 0 Å². The number of nitro benzene ring substituents is 1. The molecular weight excluding hydrogens is 400 g/mol. The number of nitrogens with zero attached hydrogens (tertiary/aromatic N) is 2. The Labute approximate surface area is 190 Å². The Hall–Kier alpha value is -2.69. The zero-order chi connectivity index (χ0) is 23.1. The number of aliphatic imine (C=N–C) groups is 1. The van der Waals surface area contributed by atoms with Crippen molar-refractivity contribution in [2.45, 2.75) is 71.1 Å². The van der Waals surface area contributed by atoms with E-state index in [1.165, 1.54) is 54.2 Å². The van der Waals surface area contributed by atoms with E-state index in [1.807, 2.05) is 0 Å². The van der Waals surface area contributed by atoms with Crippen LogP contribution in [-0.2, 0) is 11.8 Å². The molecule has 0 saturated heterocycles. The summed E-state index contributed by atoms with van der Waals surface area (Å²) in [5.41, 5.74) is 5.04. The molecule has 0 aliphatic heterocycles. The van der Waals surface area contributed by atoms with Crippen LogP contribution in [0.15, 0.2) is 41.4 Å². The first-order valence-corrected chi connectivity index (χ1v) is 11.7. The van der Waals surface area contributed by atoms with E-state index in [-0.39, 0.29) is 22.3 Å². The summed E-state index contributed by atoms with van der Waals surface area (Å²) in [4.78, 5) is 15.3. The number of non-ortho nitro benzene ring substituents is 1. The van der Waals surface area contributed by atoms with E-state index in [9.17, 15) is 15.2 Å². The minimum atomic E-state index is -0.450. The summed E-state index contributed by atoms with van der Waals surface area (Å²) in [7, 11) is 0. The first-order chi connectivity index (χ1) is 15.1. The number of rotatable bonds is 5. The van der Waals surface area contributed by atoms with Gasteiger partial charge in [0.2, 0.25) is 0 Å². The van der Waals surface area contributed by atoms with Gasteiger partial charge in [-0.1, -0.05) is 52.3 Å². The van der Waals surface area contributed by atoms with Gasteiger partial charge in [-0.3, -0.25) is 15.1 Å². The summed E-state index contributed by atoms with van der Waals surface area (Å²) in [5, 5.41) is 21.2. The largest absolute Gasteiger partial charge is 0.507 e. The van der Waals surface area contributed by atoms with Gasteiger partial charge in [0.05, 0.1) is 4.92 Å². The number of nitro groups is 1. The number of phenols is 1. The van der Waals surface area contributed by atoms with Crippen molar-refractivity contribution in [1.82, 2.24) is 0 Å². The Morgan fingerprint density at radius 3 is 2.72 bits per heavy atom. The summed E-state index contributed by atoms with van der Waals surface area (Å²) < 4.78 is 0. The molecule has 0 spiro atoms. The van der Waals surface area contributed by atoms with Crippen LogP contribution >= 0.6 is 0 Å². The smallest absolute Gasteiger partial charge is 0.270 e. The summed E-state index contributed by atoms with van der Waals surface area (Å²) in [6.45, 7) is 9.97. The maximum absolute atomic E-state index is 11.1. The minimum absolute atomic E-state index is 0.0190. The number of aryl methyl sites for hydroxylation is 1. The predicted molar refractivity (Wildman–Crippen MR) is 129 cm³/mol. The quantitative estimate of drug-likeness (QED) is 0.329. The zero-order valence-electron chi connectivity index (χ0n) is 19.6. The molecule has 0 unspecified atom stereocenters. The molecule has 1 saturated carbocycles. The Balaban J connectivity index is 1.59. The molecule has 3 atom stereocenters. The highest BCUT2D eigenvalue weighted by Gasteiger charge is 2.51. The van der Waals surface area contributed by atoms with E-state index in [0.717, 1.165) is 12.8 Å². The van der Waals surface area contributed by atoms with Crippen molar-refractivity contribution < 1.29 is 10.0 Å². The molecule has 170 valence electrons. The Kier molecular flexibility index (Phi) is 5.87. The second kappa shape index (κ2) is 8.34. The van der Waals surface area contributed by atoms with Crippen LogP contribution in [0, 0.1) is 21.4 Å². The van der Waals surface area contributed by atoms with Gasteiger partial charge in [-0.15, -0.1) is 0 Å². The van der Waals surface area contributed by atoms with Crippen LogP contribution in [-0.4, -0.2) is 22.8 Å². The molecule has 1 fully saturated rings. The van der Waals surface area contributed by atoms with Crippen molar-refractivity contribution in [3.8, 4) is 5.75 Å². The highest BCUT2D eigenvalue weighted by atomic mass is 16.6. The van der Waals surface area contributed by atoms with Crippen molar-refractivity contribution in [1.29, 1.82) is 0 Å². The van der Waals surface area contributed by atoms with E-state index in [0.29, 0.717) is 23.9 Å². The van der Waals surface area contributed by atoms with E-state index < -0.39 is 4.92 Å². The molecule has 0 bridgehead atoms. The normalized spacial score (nSPS) is 27.3. The van der Waals surface area contributed by atoms with E-state index in [1.54, 1.807) is 6.21 Å². The topological polar surface area (TPSA) is 75.7 Å². The number of fused-ring (bicyclic) bond motifs is 3. The molecule has 2 aliphatic rings. The number of phenolic OH excluding ortho intramolecular Hbond substituents is 1. The lowest BCUT2D eigenvalue weighted by Crippen LogP contribution is -2.50. The van der Waals surface area contributed by atoms with Gasteiger partial charge in [0.1, 0.15) is 5.75 Å². The van der Waals surface area contributed by atoms with Gasteiger partial charge < -0.3 is 5.11 Å². The maximum Gasteiger partial charge on any atom is 0.270 e. The minimum Gasteiger partial charge on any atom is -0.507 e. The summed E-state index contributed by atoms with van der Waals surface area (Å²) in [5.74, 6) is 1.10. The molecule has 2 aliphatic carbocycles. The molecule has 2 aromatic carbocycles. The monoisotopic (exact) mass is 434 g/mol. The fourth-order valence-corrected chi connectivity index (χ4v) is 6.30. The number of hydrogen-bond acceptors (Lipinski definition) is 4. The molecule has 0 amide bonds. The van der Waals surface area contributed by atoms with E-state index in [2.05, 4.69) is 45.9 Å². The lowest BCUT2D eigenvalue weighted by atomic mass is 9.50. The fourth-order valence-electron chi connectivity index (χ4n) is 6.30.